The molecular formula is C32H47N5O3. The van der Waals surface area contributed by atoms with Gasteiger partial charge in [0, 0.05) is 18.8 Å². The molecular weight excluding hydrogens is 502 g/mol. The zero-order valence-corrected chi connectivity index (χ0v) is 24.8. The predicted molar refractivity (Wildman–Crippen MR) is 162 cm³/mol. The van der Waals surface area contributed by atoms with Gasteiger partial charge in [-0.05, 0) is 57.0 Å². The summed E-state index contributed by atoms with van der Waals surface area (Å²) in [5.41, 5.74) is 7.22. The molecule has 0 aliphatic heterocycles. The van der Waals surface area contributed by atoms with E-state index in [1.165, 1.54) is 51.4 Å². The van der Waals surface area contributed by atoms with Gasteiger partial charge in [-0.25, -0.2) is 15.0 Å². The van der Waals surface area contributed by atoms with Crippen molar-refractivity contribution in [1.82, 2.24) is 14.6 Å². The topological polar surface area (TPSA) is 89.7 Å². The van der Waals surface area contributed by atoms with Crippen molar-refractivity contribution in [3.8, 4) is 0 Å². The molecule has 3 rings (SSSR count). The molecule has 218 valence electrons. The monoisotopic (exact) mass is 549 g/mol. The number of benzene rings is 2. The Morgan fingerprint density at radius 3 is 1.95 bits per heavy atom. The molecule has 1 aromatic heterocycles. The normalized spacial score (nSPS) is 11.0. The summed E-state index contributed by atoms with van der Waals surface area (Å²) in [4.78, 5) is 25.4. The number of rotatable bonds is 16. The molecule has 0 saturated heterocycles. The molecule has 0 spiro atoms. The summed E-state index contributed by atoms with van der Waals surface area (Å²) >= 11 is 0. The maximum Gasteiger partial charge on any atom is 0.339 e. The maximum atomic E-state index is 12.8. The number of nitrogens with one attached hydrogen (secondary N) is 2. The third-order valence-corrected chi connectivity index (χ3v) is 7.29. The number of esters is 1. The molecule has 0 aliphatic rings. The summed E-state index contributed by atoms with van der Waals surface area (Å²) in [7, 11) is 0. The SMILES string of the molecule is CCCCCCCCCCCCOC(=O)c1ccc(C)c(NC(=O)NN=c2n(CC)c3ccccc3n2CC)c1. The first-order valence-corrected chi connectivity index (χ1v) is 15.1. The minimum absolute atomic E-state index is 0.375. The van der Waals surface area contributed by atoms with Crippen LogP contribution >= 0.6 is 0 Å². The number of anilines is 1. The summed E-state index contributed by atoms with van der Waals surface area (Å²) in [6.07, 6.45) is 12.3. The highest BCUT2D eigenvalue weighted by Crippen LogP contribution is 2.18. The quantitative estimate of drug-likeness (QED) is 0.110. The molecule has 8 heteroatoms. The highest BCUT2D eigenvalue weighted by atomic mass is 16.5. The first-order valence-electron chi connectivity index (χ1n) is 15.1. The van der Waals surface area contributed by atoms with E-state index in [9.17, 15) is 9.59 Å². The third-order valence-electron chi connectivity index (χ3n) is 7.29. The molecule has 0 saturated carbocycles. The van der Waals surface area contributed by atoms with Crippen molar-refractivity contribution < 1.29 is 14.3 Å². The van der Waals surface area contributed by atoms with E-state index in [0.29, 0.717) is 23.5 Å². The van der Waals surface area contributed by atoms with Gasteiger partial charge in [0.2, 0.25) is 5.62 Å². The van der Waals surface area contributed by atoms with Gasteiger partial charge in [0.1, 0.15) is 0 Å². The van der Waals surface area contributed by atoms with Crippen LogP contribution in [0.3, 0.4) is 0 Å². The van der Waals surface area contributed by atoms with E-state index in [4.69, 9.17) is 4.74 Å². The standard InChI is InChI=1S/C32H47N5O3/c1-5-8-9-10-11-12-13-14-15-18-23-40-30(38)26-22-21-25(4)27(24-26)33-31(39)34-35-32-36(6-2)28-19-16-17-20-29(28)37(32)7-3/h16-17,19-22,24H,5-15,18,23H2,1-4H3,(H2,33,34,39). The average Bonchev–Trinajstić information content (AvgIpc) is 3.28. The van der Waals surface area contributed by atoms with Crippen molar-refractivity contribution in [3.05, 3.63) is 59.2 Å². The largest absolute Gasteiger partial charge is 0.462 e. The Bertz CT molecular complexity index is 1260. The van der Waals surface area contributed by atoms with Gasteiger partial charge < -0.3 is 19.2 Å². The molecule has 0 aliphatic carbocycles. The predicted octanol–water partition coefficient (Wildman–Crippen LogP) is 7.51. The first kappa shape index (κ1) is 31.0. The van der Waals surface area contributed by atoms with E-state index in [0.717, 1.165) is 42.5 Å². The Hall–Kier alpha value is -3.55. The highest BCUT2D eigenvalue weighted by Gasteiger charge is 2.13. The summed E-state index contributed by atoms with van der Waals surface area (Å²) in [6, 6.07) is 12.8. The lowest BCUT2D eigenvalue weighted by Gasteiger charge is -2.11. The number of unbranched alkanes of at least 4 members (excludes halogenated alkanes) is 9. The summed E-state index contributed by atoms with van der Waals surface area (Å²) in [6.45, 7) is 10.1. The fraction of sp³-hybridized carbons (Fsp3) is 0.531. The fourth-order valence-corrected chi connectivity index (χ4v) is 5.00. The fourth-order valence-electron chi connectivity index (χ4n) is 5.00. The van der Waals surface area contributed by atoms with Gasteiger partial charge in [0.05, 0.1) is 23.2 Å². The highest BCUT2D eigenvalue weighted by molar-refractivity contribution is 5.94. The van der Waals surface area contributed by atoms with Gasteiger partial charge in [0.25, 0.3) is 0 Å². The van der Waals surface area contributed by atoms with Gasteiger partial charge in [-0.2, -0.15) is 0 Å². The minimum Gasteiger partial charge on any atom is -0.462 e. The number of aromatic nitrogens is 2. The second-order valence-electron chi connectivity index (χ2n) is 10.3. The van der Waals surface area contributed by atoms with E-state index in [-0.39, 0.29) is 5.97 Å². The van der Waals surface area contributed by atoms with Crippen molar-refractivity contribution in [2.45, 2.75) is 105 Å². The second-order valence-corrected chi connectivity index (χ2v) is 10.3. The lowest BCUT2D eigenvalue weighted by Crippen LogP contribution is -2.33. The zero-order chi connectivity index (χ0) is 28.7. The Kier molecular flexibility index (Phi) is 12.8. The van der Waals surface area contributed by atoms with Crippen LogP contribution in [0.25, 0.3) is 11.0 Å². The third kappa shape index (κ3) is 8.73. The molecule has 0 atom stereocenters. The lowest BCUT2D eigenvalue weighted by molar-refractivity contribution is 0.0497. The lowest BCUT2D eigenvalue weighted by atomic mass is 10.1. The van der Waals surface area contributed by atoms with Crippen LogP contribution in [0, 0.1) is 6.92 Å². The molecule has 2 aromatic carbocycles. The van der Waals surface area contributed by atoms with E-state index < -0.39 is 6.03 Å². The Morgan fingerprint density at radius 2 is 1.38 bits per heavy atom. The van der Waals surface area contributed by atoms with Gasteiger partial charge >= 0.3 is 12.0 Å². The van der Waals surface area contributed by atoms with Crippen LogP contribution in [0.2, 0.25) is 0 Å². The van der Waals surface area contributed by atoms with Crippen LogP contribution in [0.1, 0.15) is 101 Å². The average molecular weight is 550 g/mol. The van der Waals surface area contributed by atoms with Crippen LogP contribution in [-0.2, 0) is 17.8 Å². The van der Waals surface area contributed by atoms with Crippen molar-refractivity contribution >= 4 is 28.7 Å². The van der Waals surface area contributed by atoms with Crippen LogP contribution in [-0.4, -0.2) is 27.7 Å². The van der Waals surface area contributed by atoms with Crippen LogP contribution < -0.4 is 16.4 Å². The molecule has 0 fully saturated rings. The number of para-hydroxylation sites is 2. The number of nitrogens with zero attached hydrogens (tertiary/aromatic N) is 3. The number of carbonyl (C=O) groups excluding carboxylic acids is 2. The summed E-state index contributed by atoms with van der Waals surface area (Å²) < 4.78 is 9.62. The molecule has 0 unspecified atom stereocenters. The van der Waals surface area contributed by atoms with E-state index in [1.54, 1.807) is 12.1 Å². The number of aryl methyl sites for hydroxylation is 3. The van der Waals surface area contributed by atoms with E-state index >= 15 is 0 Å². The van der Waals surface area contributed by atoms with Crippen molar-refractivity contribution in [2.24, 2.45) is 5.10 Å². The van der Waals surface area contributed by atoms with E-state index in [1.807, 2.05) is 25.1 Å². The molecule has 8 nitrogen and oxygen atoms in total. The maximum absolute atomic E-state index is 12.8. The van der Waals surface area contributed by atoms with Crippen molar-refractivity contribution in [3.63, 3.8) is 0 Å². The minimum atomic E-state index is -0.477. The number of hydrogen-bond acceptors (Lipinski definition) is 4. The van der Waals surface area contributed by atoms with Crippen LogP contribution in [0.4, 0.5) is 10.5 Å². The molecule has 40 heavy (non-hydrogen) atoms. The Balaban J connectivity index is 1.50. The molecule has 2 amide bonds. The van der Waals surface area contributed by atoms with Crippen LogP contribution in [0.5, 0.6) is 0 Å². The number of ether oxygens (including phenoxy) is 1. The van der Waals surface area contributed by atoms with Gasteiger partial charge in [-0.1, -0.05) is 82.9 Å². The van der Waals surface area contributed by atoms with Crippen molar-refractivity contribution in [2.75, 3.05) is 11.9 Å². The van der Waals surface area contributed by atoms with Crippen molar-refractivity contribution in [1.29, 1.82) is 0 Å². The summed E-state index contributed by atoms with van der Waals surface area (Å²) in [5, 5.41) is 7.26. The Morgan fingerprint density at radius 1 is 0.800 bits per heavy atom. The molecule has 0 radical (unpaired) electrons. The molecule has 2 N–H and O–H groups in total. The second kappa shape index (κ2) is 16.5. The summed E-state index contributed by atoms with van der Waals surface area (Å²) in [5.74, 6) is -0.375. The molecule has 1 heterocycles. The smallest absolute Gasteiger partial charge is 0.339 e. The number of amides is 2. The van der Waals surface area contributed by atoms with Crippen LogP contribution in [0.15, 0.2) is 47.6 Å². The number of hydrogen-bond donors (Lipinski definition) is 2. The zero-order valence-electron chi connectivity index (χ0n) is 24.8. The van der Waals surface area contributed by atoms with Gasteiger partial charge in [-0.15, -0.1) is 5.10 Å². The molecule has 0 bridgehead atoms. The first-order chi connectivity index (χ1) is 19.5. The number of carbonyl (C=O) groups is 2. The van der Waals surface area contributed by atoms with Gasteiger partial charge in [0.15, 0.2) is 0 Å². The Labute approximate surface area is 238 Å². The number of fused-ring (bicyclic) bond motifs is 1. The number of urea groups is 1. The number of imidazole rings is 1. The van der Waals surface area contributed by atoms with E-state index in [2.05, 4.69) is 57.9 Å². The van der Waals surface area contributed by atoms with Gasteiger partial charge in [-0.3, -0.25) is 0 Å². The molecule has 3 aromatic rings.